The Bertz CT molecular complexity index is 408. The maximum atomic E-state index is 11.9. The number of nitrogens with one attached hydrogen (secondary N) is 1. The van der Waals surface area contributed by atoms with E-state index in [0.717, 1.165) is 25.7 Å². The van der Waals surface area contributed by atoms with Crippen molar-refractivity contribution in [2.45, 2.75) is 57.6 Å². The molecule has 1 saturated carbocycles. The average molecular weight is 267 g/mol. The summed E-state index contributed by atoms with van der Waals surface area (Å²) in [4.78, 5) is 13.0. The van der Waals surface area contributed by atoms with Gasteiger partial charge in [-0.1, -0.05) is 19.3 Å². The molecule has 2 rings (SSSR count). The van der Waals surface area contributed by atoms with E-state index in [2.05, 4.69) is 11.4 Å². The summed E-state index contributed by atoms with van der Waals surface area (Å²) in [6.07, 6.45) is 5.02. The summed E-state index contributed by atoms with van der Waals surface area (Å²) >= 11 is 1.66. The molecule has 1 amide bonds. The van der Waals surface area contributed by atoms with Crippen LogP contribution in [-0.2, 0) is 11.3 Å². The van der Waals surface area contributed by atoms with Crippen LogP contribution in [0.2, 0.25) is 0 Å². The SMILES string of the molecule is Cc1ccsc1CNC(=O)CC1(O)CCCCC1. The van der Waals surface area contributed by atoms with Crippen molar-refractivity contribution in [3.63, 3.8) is 0 Å². The summed E-state index contributed by atoms with van der Waals surface area (Å²) in [5.74, 6) is -0.0350. The Hall–Kier alpha value is -0.870. The number of thiophene rings is 1. The summed E-state index contributed by atoms with van der Waals surface area (Å²) in [5.41, 5.74) is 0.462. The molecule has 1 heterocycles. The summed E-state index contributed by atoms with van der Waals surface area (Å²) in [6.45, 7) is 2.63. The average Bonchev–Trinajstić information content (AvgIpc) is 2.72. The van der Waals surface area contributed by atoms with E-state index in [0.29, 0.717) is 6.54 Å². The predicted molar refractivity (Wildman–Crippen MR) is 73.6 cm³/mol. The third-order valence-corrected chi connectivity index (χ3v) is 4.71. The summed E-state index contributed by atoms with van der Waals surface area (Å²) in [6, 6.07) is 2.06. The zero-order valence-electron chi connectivity index (χ0n) is 10.9. The highest BCUT2D eigenvalue weighted by Gasteiger charge is 2.31. The second-order valence-electron chi connectivity index (χ2n) is 5.27. The molecular weight excluding hydrogens is 246 g/mol. The molecule has 0 aromatic carbocycles. The highest BCUT2D eigenvalue weighted by atomic mass is 32.1. The molecule has 1 aromatic rings. The van der Waals surface area contributed by atoms with Crippen molar-refractivity contribution in [3.8, 4) is 0 Å². The van der Waals surface area contributed by atoms with Crippen molar-refractivity contribution in [1.82, 2.24) is 5.32 Å². The lowest BCUT2D eigenvalue weighted by molar-refractivity contribution is -0.127. The van der Waals surface area contributed by atoms with Gasteiger partial charge < -0.3 is 10.4 Å². The van der Waals surface area contributed by atoms with Gasteiger partial charge in [-0.2, -0.15) is 0 Å². The molecular formula is C14H21NO2S. The number of aryl methyl sites for hydroxylation is 1. The highest BCUT2D eigenvalue weighted by molar-refractivity contribution is 7.10. The highest BCUT2D eigenvalue weighted by Crippen LogP contribution is 2.30. The predicted octanol–water partition coefficient (Wildman–Crippen LogP) is 2.76. The van der Waals surface area contributed by atoms with Gasteiger partial charge in [-0.05, 0) is 36.8 Å². The molecule has 0 radical (unpaired) electrons. The minimum Gasteiger partial charge on any atom is -0.389 e. The van der Waals surface area contributed by atoms with Crippen LogP contribution in [0.15, 0.2) is 11.4 Å². The van der Waals surface area contributed by atoms with E-state index in [4.69, 9.17) is 0 Å². The van der Waals surface area contributed by atoms with Crippen molar-refractivity contribution in [1.29, 1.82) is 0 Å². The zero-order valence-corrected chi connectivity index (χ0v) is 11.7. The standard InChI is InChI=1S/C14H21NO2S/c1-11-5-8-18-12(11)10-15-13(16)9-14(17)6-3-2-4-7-14/h5,8,17H,2-4,6-7,9-10H2,1H3,(H,15,16). The lowest BCUT2D eigenvalue weighted by Gasteiger charge is -2.31. The van der Waals surface area contributed by atoms with Gasteiger partial charge in [0.15, 0.2) is 0 Å². The molecule has 0 aliphatic heterocycles. The van der Waals surface area contributed by atoms with Crippen molar-refractivity contribution < 1.29 is 9.90 Å². The van der Waals surface area contributed by atoms with E-state index in [1.165, 1.54) is 16.9 Å². The lowest BCUT2D eigenvalue weighted by Crippen LogP contribution is -2.38. The van der Waals surface area contributed by atoms with Crippen LogP contribution in [-0.4, -0.2) is 16.6 Å². The molecule has 3 nitrogen and oxygen atoms in total. The van der Waals surface area contributed by atoms with Gasteiger partial charge in [0.1, 0.15) is 0 Å². The van der Waals surface area contributed by atoms with E-state index in [1.54, 1.807) is 11.3 Å². The number of carbonyl (C=O) groups is 1. The summed E-state index contributed by atoms with van der Waals surface area (Å²) in [7, 11) is 0. The number of aliphatic hydroxyl groups is 1. The Morgan fingerprint density at radius 2 is 2.17 bits per heavy atom. The molecule has 2 N–H and O–H groups in total. The Morgan fingerprint density at radius 3 is 2.78 bits per heavy atom. The molecule has 0 bridgehead atoms. The molecule has 0 unspecified atom stereocenters. The molecule has 1 aromatic heterocycles. The zero-order chi connectivity index (χ0) is 13.0. The van der Waals surface area contributed by atoms with Crippen LogP contribution in [0.25, 0.3) is 0 Å². The molecule has 18 heavy (non-hydrogen) atoms. The van der Waals surface area contributed by atoms with Crippen LogP contribution >= 0.6 is 11.3 Å². The van der Waals surface area contributed by atoms with E-state index in [-0.39, 0.29) is 12.3 Å². The first-order valence-corrected chi connectivity index (χ1v) is 7.49. The third kappa shape index (κ3) is 3.56. The van der Waals surface area contributed by atoms with E-state index >= 15 is 0 Å². The minimum absolute atomic E-state index is 0.0350. The fourth-order valence-electron chi connectivity index (χ4n) is 2.51. The van der Waals surface area contributed by atoms with Crippen LogP contribution in [0, 0.1) is 6.92 Å². The van der Waals surface area contributed by atoms with E-state index in [1.807, 2.05) is 12.3 Å². The normalized spacial score (nSPS) is 18.6. The molecule has 4 heteroatoms. The van der Waals surface area contributed by atoms with Crippen LogP contribution in [0.4, 0.5) is 0 Å². The number of amides is 1. The van der Waals surface area contributed by atoms with Gasteiger partial charge in [0.25, 0.3) is 0 Å². The Balaban J connectivity index is 1.80. The fourth-order valence-corrected chi connectivity index (χ4v) is 3.36. The lowest BCUT2D eigenvalue weighted by atomic mass is 9.82. The fraction of sp³-hybridized carbons (Fsp3) is 0.643. The number of hydrogen-bond donors (Lipinski definition) is 2. The van der Waals surface area contributed by atoms with Gasteiger partial charge in [0, 0.05) is 4.88 Å². The molecule has 1 aliphatic rings. The van der Waals surface area contributed by atoms with Crippen LogP contribution in [0.5, 0.6) is 0 Å². The number of rotatable bonds is 4. The monoisotopic (exact) mass is 267 g/mol. The van der Waals surface area contributed by atoms with Crippen molar-refractivity contribution >= 4 is 17.2 Å². The third-order valence-electron chi connectivity index (χ3n) is 3.69. The van der Waals surface area contributed by atoms with Gasteiger partial charge in [-0.25, -0.2) is 0 Å². The molecule has 0 atom stereocenters. The van der Waals surface area contributed by atoms with E-state index in [9.17, 15) is 9.90 Å². The van der Waals surface area contributed by atoms with Gasteiger partial charge >= 0.3 is 0 Å². The minimum atomic E-state index is -0.757. The summed E-state index contributed by atoms with van der Waals surface area (Å²) < 4.78 is 0. The van der Waals surface area contributed by atoms with E-state index < -0.39 is 5.60 Å². The first-order chi connectivity index (χ1) is 8.59. The first kappa shape index (κ1) is 13.6. The van der Waals surface area contributed by atoms with Gasteiger partial charge in [-0.3, -0.25) is 4.79 Å². The Kier molecular flexibility index (Phi) is 4.40. The number of carbonyl (C=O) groups excluding carboxylic acids is 1. The van der Waals surface area contributed by atoms with Crippen LogP contribution in [0.1, 0.15) is 49.0 Å². The second-order valence-corrected chi connectivity index (χ2v) is 6.27. The Labute approximate surface area is 112 Å². The van der Waals surface area contributed by atoms with Crippen LogP contribution in [0.3, 0.4) is 0 Å². The number of hydrogen-bond acceptors (Lipinski definition) is 3. The first-order valence-electron chi connectivity index (χ1n) is 6.61. The van der Waals surface area contributed by atoms with Crippen molar-refractivity contribution in [2.75, 3.05) is 0 Å². The van der Waals surface area contributed by atoms with Crippen molar-refractivity contribution in [2.24, 2.45) is 0 Å². The van der Waals surface area contributed by atoms with Gasteiger partial charge in [0.2, 0.25) is 5.91 Å². The molecule has 0 spiro atoms. The van der Waals surface area contributed by atoms with Crippen molar-refractivity contribution in [3.05, 3.63) is 21.9 Å². The quantitative estimate of drug-likeness (QED) is 0.881. The maximum Gasteiger partial charge on any atom is 0.223 e. The smallest absolute Gasteiger partial charge is 0.223 e. The molecule has 1 aliphatic carbocycles. The second kappa shape index (κ2) is 5.85. The molecule has 100 valence electrons. The largest absolute Gasteiger partial charge is 0.389 e. The summed E-state index contributed by atoms with van der Waals surface area (Å²) in [5, 5.41) is 15.2. The van der Waals surface area contributed by atoms with Gasteiger partial charge in [-0.15, -0.1) is 11.3 Å². The van der Waals surface area contributed by atoms with Crippen LogP contribution < -0.4 is 5.32 Å². The molecule has 1 fully saturated rings. The van der Waals surface area contributed by atoms with Gasteiger partial charge in [0.05, 0.1) is 18.6 Å². The molecule has 0 saturated heterocycles. The maximum absolute atomic E-state index is 11.9. The Morgan fingerprint density at radius 1 is 1.44 bits per heavy atom. The topological polar surface area (TPSA) is 49.3 Å².